The number of likely N-dealkylation sites (N-methyl/N-ethyl adjacent to an activating group) is 1. The van der Waals surface area contributed by atoms with Crippen LogP contribution >= 0.6 is 23.2 Å². The van der Waals surface area contributed by atoms with Crippen molar-refractivity contribution in [3.63, 3.8) is 0 Å². The summed E-state index contributed by atoms with van der Waals surface area (Å²) in [6, 6.07) is 4.74. The molecule has 0 spiro atoms. The second-order valence-corrected chi connectivity index (χ2v) is 5.04. The van der Waals surface area contributed by atoms with E-state index in [2.05, 4.69) is 5.32 Å². The van der Waals surface area contributed by atoms with Gasteiger partial charge in [-0.1, -0.05) is 29.3 Å². The van der Waals surface area contributed by atoms with Gasteiger partial charge in [0.2, 0.25) is 0 Å². The molecule has 0 aliphatic heterocycles. The van der Waals surface area contributed by atoms with Crippen molar-refractivity contribution in [1.82, 2.24) is 4.90 Å². The molecule has 0 radical (unpaired) electrons. The lowest BCUT2D eigenvalue weighted by Crippen LogP contribution is -2.39. The summed E-state index contributed by atoms with van der Waals surface area (Å²) >= 11 is 11.9. The summed E-state index contributed by atoms with van der Waals surface area (Å²) in [7, 11) is 1.65. The van der Waals surface area contributed by atoms with E-state index in [1.54, 1.807) is 25.2 Å². The molecule has 0 unspecified atom stereocenters. The van der Waals surface area contributed by atoms with Crippen LogP contribution in [0, 0.1) is 0 Å². The zero-order valence-corrected chi connectivity index (χ0v) is 13.9. The number of anilines is 1. The molecule has 0 aromatic heterocycles. The molecule has 0 saturated carbocycles. The molecule has 2 amide bonds. The predicted octanol–water partition coefficient (Wildman–Crippen LogP) is 3.86. The summed E-state index contributed by atoms with van der Waals surface area (Å²) in [6.07, 6.45) is -0.453. The van der Waals surface area contributed by atoms with Crippen molar-refractivity contribution in [1.29, 1.82) is 0 Å². The van der Waals surface area contributed by atoms with Gasteiger partial charge in [-0.05, 0) is 26.0 Å². The fraction of sp³-hybridized carbons (Fsp3) is 0.500. The van der Waals surface area contributed by atoms with E-state index in [1.807, 2.05) is 13.8 Å². The van der Waals surface area contributed by atoms with Crippen molar-refractivity contribution in [3.8, 4) is 0 Å². The number of hydrogen-bond acceptors (Lipinski definition) is 3. The quantitative estimate of drug-likeness (QED) is 0.770. The molecule has 5 nitrogen and oxygen atoms in total. The first-order valence-electron chi connectivity index (χ1n) is 6.68. The van der Waals surface area contributed by atoms with Gasteiger partial charge in [-0.25, -0.2) is 4.79 Å². The number of benzene rings is 1. The first-order valence-corrected chi connectivity index (χ1v) is 7.44. The Morgan fingerprint density at radius 3 is 2.48 bits per heavy atom. The summed E-state index contributed by atoms with van der Waals surface area (Å²) in [5, 5.41) is 3.40. The first-order chi connectivity index (χ1) is 9.99. The van der Waals surface area contributed by atoms with Crippen molar-refractivity contribution in [2.45, 2.75) is 20.1 Å². The Bertz CT molecular complexity index is 466. The molecule has 0 bridgehead atoms. The maximum Gasteiger partial charge on any atom is 0.321 e. The van der Waals surface area contributed by atoms with Crippen LogP contribution in [0.25, 0.3) is 0 Å². The molecule has 0 heterocycles. The van der Waals surface area contributed by atoms with Crippen LogP contribution in [0.15, 0.2) is 18.2 Å². The van der Waals surface area contributed by atoms with Crippen LogP contribution in [-0.2, 0) is 9.47 Å². The van der Waals surface area contributed by atoms with Crippen molar-refractivity contribution in [2.24, 2.45) is 0 Å². The zero-order chi connectivity index (χ0) is 15.8. The van der Waals surface area contributed by atoms with Crippen LogP contribution in [0.2, 0.25) is 10.0 Å². The standard InChI is InChI=1S/C14H20Cl2N2O3/c1-4-20-12(21-5-2)9-18(3)14(19)17-11-8-6-7-10(15)13(11)16/h6-8,12H,4-5,9H2,1-3H3,(H,17,19). The molecule has 1 rings (SSSR count). The Hall–Kier alpha value is -1.01. The third-order valence-electron chi connectivity index (χ3n) is 2.67. The number of rotatable bonds is 7. The Morgan fingerprint density at radius 1 is 1.29 bits per heavy atom. The van der Waals surface area contributed by atoms with Crippen molar-refractivity contribution < 1.29 is 14.3 Å². The highest BCUT2D eigenvalue weighted by atomic mass is 35.5. The average Bonchev–Trinajstić information content (AvgIpc) is 2.44. The van der Waals surface area contributed by atoms with Crippen molar-refractivity contribution in [2.75, 3.05) is 32.1 Å². The molecule has 0 aliphatic carbocycles. The average molecular weight is 335 g/mol. The predicted molar refractivity (Wildman–Crippen MR) is 85.2 cm³/mol. The van der Waals surface area contributed by atoms with Crippen LogP contribution in [0.4, 0.5) is 10.5 Å². The topological polar surface area (TPSA) is 50.8 Å². The lowest BCUT2D eigenvalue weighted by atomic mass is 10.3. The van der Waals surface area contributed by atoms with E-state index in [9.17, 15) is 4.79 Å². The molecule has 1 aromatic rings. The summed E-state index contributed by atoms with van der Waals surface area (Å²) in [6.45, 7) is 5.09. The van der Waals surface area contributed by atoms with Crippen LogP contribution in [0.3, 0.4) is 0 Å². The van der Waals surface area contributed by atoms with Gasteiger partial charge >= 0.3 is 6.03 Å². The Balaban J connectivity index is 2.63. The monoisotopic (exact) mass is 334 g/mol. The minimum atomic E-state index is -0.453. The number of nitrogens with one attached hydrogen (secondary N) is 1. The molecule has 0 fully saturated rings. The number of hydrogen-bond donors (Lipinski definition) is 1. The third-order valence-corrected chi connectivity index (χ3v) is 3.49. The molecule has 1 aromatic carbocycles. The number of amides is 2. The van der Waals surface area contributed by atoms with Gasteiger partial charge in [-0.2, -0.15) is 0 Å². The van der Waals surface area contributed by atoms with E-state index >= 15 is 0 Å². The lowest BCUT2D eigenvalue weighted by molar-refractivity contribution is -0.141. The number of urea groups is 1. The van der Waals surface area contributed by atoms with E-state index in [0.717, 1.165) is 0 Å². The van der Waals surface area contributed by atoms with Gasteiger partial charge < -0.3 is 19.7 Å². The fourth-order valence-corrected chi connectivity index (χ4v) is 1.99. The van der Waals surface area contributed by atoms with Crippen LogP contribution in [-0.4, -0.2) is 44.0 Å². The van der Waals surface area contributed by atoms with Crippen molar-refractivity contribution in [3.05, 3.63) is 28.2 Å². The third kappa shape index (κ3) is 5.71. The maximum atomic E-state index is 12.1. The van der Waals surface area contributed by atoms with Gasteiger partial charge in [0.05, 0.1) is 22.3 Å². The minimum absolute atomic E-state index is 0.311. The molecular weight excluding hydrogens is 315 g/mol. The minimum Gasteiger partial charge on any atom is -0.351 e. The molecule has 118 valence electrons. The molecule has 0 atom stereocenters. The van der Waals surface area contributed by atoms with Crippen LogP contribution < -0.4 is 5.32 Å². The smallest absolute Gasteiger partial charge is 0.321 e. The normalized spacial score (nSPS) is 10.8. The summed E-state index contributed by atoms with van der Waals surface area (Å²) < 4.78 is 10.8. The van der Waals surface area contributed by atoms with Crippen molar-refractivity contribution >= 4 is 34.9 Å². The van der Waals surface area contributed by atoms with Crippen LogP contribution in [0.1, 0.15) is 13.8 Å². The second-order valence-electron chi connectivity index (χ2n) is 4.25. The van der Waals surface area contributed by atoms with Gasteiger partial charge in [0.1, 0.15) is 0 Å². The number of nitrogens with zero attached hydrogens (tertiary/aromatic N) is 1. The van der Waals surface area contributed by atoms with E-state index in [0.29, 0.717) is 35.5 Å². The van der Waals surface area contributed by atoms with E-state index in [1.165, 1.54) is 4.90 Å². The SMILES string of the molecule is CCOC(CN(C)C(=O)Nc1cccc(Cl)c1Cl)OCC. The molecule has 21 heavy (non-hydrogen) atoms. The Labute approximate surface area is 135 Å². The van der Waals surface area contributed by atoms with Crippen LogP contribution in [0.5, 0.6) is 0 Å². The second kappa shape index (κ2) is 9.10. The number of ether oxygens (including phenoxy) is 2. The van der Waals surface area contributed by atoms with Gasteiger partial charge in [0.15, 0.2) is 6.29 Å². The molecule has 0 aliphatic rings. The largest absolute Gasteiger partial charge is 0.351 e. The van der Waals surface area contributed by atoms with E-state index in [-0.39, 0.29) is 6.03 Å². The number of carbonyl (C=O) groups excluding carboxylic acids is 1. The van der Waals surface area contributed by atoms with E-state index in [4.69, 9.17) is 32.7 Å². The fourth-order valence-electron chi connectivity index (χ4n) is 1.64. The van der Waals surface area contributed by atoms with E-state index < -0.39 is 6.29 Å². The molecular formula is C14H20Cl2N2O3. The highest BCUT2D eigenvalue weighted by Crippen LogP contribution is 2.29. The molecule has 0 saturated heterocycles. The first kappa shape index (κ1) is 18.0. The summed E-state index contributed by atoms with van der Waals surface area (Å²) in [5.74, 6) is 0. The highest BCUT2D eigenvalue weighted by molar-refractivity contribution is 6.43. The Morgan fingerprint density at radius 2 is 1.90 bits per heavy atom. The zero-order valence-electron chi connectivity index (χ0n) is 12.4. The number of carbonyl (C=O) groups is 1. The lowest BCUT2D eigenvalue weighted by Gasteiger charge is -2.24. The van der Waals surface area contributed by atoms with Gasteiger partial charge in [0, 0.05) is 20.3 Å². The molecule has 7 heteroatoms. The van der Waals surface area contributed by atoms with Gasteiger partial charge in [0.25, 0.3) is 0 Å². The Kier molecular flexibility index (Phi) is 7.82. The van der Waals surface area contributed by atoms with Gasteiger partial charge in [-0.15, -0.1) is 0 Å². The molecule has 1 N–H and O–H groups in total. The highest BCUT2D eigenvalue weighted by Gasteiger charge is 2.17. The number of halogens is 2. The summed E-state index contributed by atoms with van der Waals surface area (Å²) in [5.41, 5.74) is 0.463. The maximum absolute atomic E-state index is 12.1. The van der Waals surface area contributed by atoms with Gasteiger partial charge in [-0.3, -0.25) is 0 Å². The summed E-state index contributed by atoms with van der Waals surface area (Å²) in [4.78, 5) is 13.6.